The van der Waals surface area contributed by atoms with Crippen molar-refractivity contribution in [3.05, 3.63) is 45.7 Å². The third-order valence-corrected chi connectivity index (χ3v) is 10.5. The van der Waals surface area contributed by atoms with Crippen LogP contribution in [0.25, 0.3) is 23.1 Å². The number of aromatic nitrogens is 3. The van der Waals surface area contributed by atoms with Crippen molar-refractivity contribution in [1.82, 2.24) is 25.2 Å². The van der Waals surface area contributed by atoms with Crippen LogP contribution >= 0.6 is 0 Å². The minimum absolute atomic E-state index is 0.0220. The average molecular weight is 589 g/mol. The predicted octanol–water partition coefficient (Wildman–Crippen LogP) is 3.01. The number of ether oxygens (including phenoxy) is 2. The summed E-state index contributed by atoms with van der Waals surface area (Å²) in [6.45, 7) is 10.9. The van der Waals surface area contributed by atoms with Gasteiger partial charge in [-0.15, -0.1) is 0 Å². The van der Waals surface area contributed by atoms with Crippen LogP contribution in [-0.4, -0.2) is 82.5 Å². The van der Waals surface area contributed by atoms with E-state index in [2.05, 4.69) is 28.6 Å². The molecule has 3 aromatic rings. The third kappa shape index (κ3) is 4.23. The molecule has 8 nitrogen and oxygen atoms in total. The van der Waals surface area contributed by atoms with Crippen LogP contribution in [0.2, 0.25) is 0 Å². The maximum Gasteiger partial charge on any atom is 0.319 e. The third-order valence-electron chi connectivity index (χ3n) is 10.5. The molecule has 8 rings (SSSR count). The lowest BCUT2D eigenvalue weighted by atomic mass is 9.95. The number of halogens is 2. The molecule has 2 bridgehead atoms. The second-order valence-corrected chi connectivity index (χ2v) is 13.0. The van der Waals surface area contributed by atoms with Gasteiger partial charge < -0.3 is 19.7 Å². The summed E-state index contributed by atoms with van der Waals surface area (Å²) < 4.78 is 44.0. The number of rotatable bonds is 5. The first-order chi connectivity index (χ1) is 20.8. The van der Waals surface area contributed by atoms with Crippen molar-refractivity contribution < 1.29 is 18.3 Å². The molecule has 5 atom stereocenters. The van der Waals surface area contributed by atoms with Crippen LogP contribution in [0.15, 0.2) is 18.2 Å². The first kappa shape index (κ1) is 27.2. The molecule has 43 heavy (non-hydrogen) atoms. The van der Waals surface area contributed by atoms with Gasteiger partial charge in [-0.1, -0.05) is 31.7 Å². The molecule has 1 aromatic carbocycles. The number of aryl methyl sites for hydroxylation is 1. The predicted molar refractivity (Wildman–Crippen MR) is 161 cm³/mol. The quantitative estimate of drug-likeness (QED) is 0.488. The first-order valence-corrected chi connectivity index (χ1v) is 15.7. The average Bonchev–Trinajstić information content (AvgIpc) is 3.63. The summed E-state index contributed by atoms with van der Waals surface area (Å²) in [5.74, 6) is 0.420. The van der Waals surface area contributed by atoms with E-state index in [-0.39, 0.29) is 41.5 Å². The van der Waals surface area contributed by atoms with E-state index in [4.69, 9.17) is 24.4 Å². The van der Waals surface area contributed by atoms with Crippen molar-refractivity contribution in [1.29, 1.82) is 0 Å². The molecule has 5 aliphatic heterocycles. The molecule has 2 aromatic heterocycles. The number of hydrogen-bond donors (Lipinski definition) is 1. The first-order valence-electron chi connectivity index (χ1n) is 15.7. The lowest BCUT2D eigenvalue weighted by Crippen LogP contribution is -2.60. The Morgan fingerprint density at radius 2 is 2.12 bits per heavy atom. The number of alkyl halides is 1. The summed E-state index contributed by atoms with van der Waals surface area (Å²) in [6.07, 6.45) is 4.37. The summed E-state index contributed by atoms with van der Waals surface area (Å²) in [5, 5.41) is 5.91. The number of piperazine rings is 1. The van der Waals surface area contributed by atoms with Crippen LogP contribution in [0.5, 0.6) is 11.9 Å². The van der Waals surface area contributed by atoms with E-state index in [1.807, 2.05) is 25.1 Å². The van der Waals surface area contributed by atoms with E-state index in [0.717, 1.165) is 61.2 Å². The van der Waals surface area contributed by atoms with Gasteiger partial charge in [-0.3, -0.25) is 4.90 Å². The van der Waals surface area contributed by atoms with Crippen molar-refractivity contribution in [2.45, 2.75) is 82.2 Å². The number of nitrogens with zero attached hydrogens (tertiary/aromatic N) is 5. The Morgan fingerprint density at radius 3 is 2.98 bits per heavy atom. The molecule has 7 heterocycles. The van der Waals surface area contributed by atoms with Crippen molar-refractivity contribution in [3.8, 4) is 11.9 Å². The fourth-order valence-corrected chi connectivity index (χ4v) is 8.43. The summed E-state index contributed by atoms with van der Waals surface area (Å²) in [5.41, 5.74) is 1.73. The van der Waals surface area contributed by atoms with Crippen molar-refractivity contribution >= 4 is 28.9 Å². The van der Waals surface area contributed by atoms with Crippen molar-refractivity contribution in [2.75, 3.05) is 37.7 Å². The standard InChI is InChI=1S/C33H38F2N6O2/c1-4-20-8-5-7-18(2)25(20)19(3)28-27(35)29-26-30(41-15-22-9-10-23(36-22)24(41)16-42-31(26)37-28)39-32(38-29)43-17-33-11-6-12-40(33)14-21(34)13-33/h5,7-8,21-24,36H,2,4,6,9-17H2,1,3H3/b25-19-/t21-,22+,23?,24-,33-/m1/s1. The molecule has 0 spiro atoms. The van der Waals surface area contributed by atoms with E-state index in [1.54, 1.807) is 0 Å². The molecule has 4 saturated heterocycles. The van der Waals surface area contributed by atoms with Gasteiger partial charge in [-0.05, 0) is 67.1 Å². The zero-order valence-electron chi connectivity index (χ0n) is 24.8. The Labute approximate surface area is 249 Å². The molecule has 1 unspecified atom stereocenters. The van der Waals surface area contributed by atoms with E-state index < -0.39 is 12.0 Å². The van der Waals surface area contributed by atoms with Gasteiger partial charge in [-0.25, -0.2) is 13.8 Å². The Hall–Kier alpha value is -3.37. The largest absolute Gasteiger partial charge is 0.475 e. The molecule has 5 aliphatic rings. The molecular weight excluding hydrogens is 550 g/mol. The van der Waals surface area contributed by atoms with Crippen LogP contribution < -0.4 is 30.1 Å². The summed E-state index contributed by atoms with van der Waals surface area (Å²) in [6, 6.07) is 6.67. The van der Waals surface area contributed by atoms with Crippen LogP contribution in [0.1, 0.15) is 57.2 Å². The number of fused-ring (bicyclic) bond motifs is 6. The van der Waals surface area contributed by atoms with Crippen molar-refractivity contribution in [3.63, 3.8) is 0 Å². The molecule has 0 aliphatic carbocycles. The van der Waals surface area contributed by atoms with Gasteiger partial charge in [0.15, 0.2) is 5.82 Å². The van der Waals surface area contributed by atoms with E-state index in [0.29, 0.717) is 48.3 Å². The Morgan fingerprint density at radius 1 is 1.23 bits per heavy atom. The van der Waals surface area contributed by atoms with E-state index >= 15 is 4.39 Å². The maximum atomic E-state index is 16.8. The highest BCUT2D eigenvalue weighted by Crippen LogP contribution is 2.43. The molecule has 0 amide bonds. The van der Waals surface area contributed by atoms with Gasteiger partial charge in [0.2, 0.25) is 5.88 Å². The minimum Gasteiger partial charge on any atom is -0.475 e. The number of nitrogens with one attached hydrogen (secondary N) is 1. The highest BCUT2D eigenvalue weighted by Gasteiger charge is 2.50. The summed E-state index contributed by atoms with van der Waals surface area (Å²) in [7, 11) is 0. The Kier molecular flexibility index (Phi) is 6.38. The monoisotopic (exact) mass is 588 g/mol. The highest BCUT2D eigenvalue weighted by atomic mass is 19.1. The molecule has 0 radical (unpaired) electrons. The second kappa shape index (κ2) is 10.1. The zero-order chi connectivity index (χ0) is 29.5. The number of benzene rings is 1. The molecule has 226 valence electrons. The fourth-order valence-electron chi connectivity index (χ4n) is 8.43. The van der Waals surface area contributed by atoms with Crippen LogP contribution in [0.4, 0.5) is 14.6 Å². The van der Waals surface area contributed by atoms with Crippen LogP contribution in [0.3, 0.4) is 0 Å². The smallest absolute Gasteiger partial charge is 0.319 e. The molecule has 1 N–H and O–H groups in total. The fraction of sp³-hybridized carbons (Fsp3) is 0.545. The summed E-state index contributed by atoms with van der Waals surface area (Å²) >= 11 is 0. The van der Waals surface area contributed by atoms with Gasteiger partial charge in [0.1, 0.15) is 41.8 Å². The number of hydrogen-bond acceptors (Lipinski definition) is 8. The lowest BCUT2D eigenvalue weighted by molar-refractivity contribution is 0.107. The van der Waals surface area contributed by atoms with Crippen molar-refractivity contribution in [2.24, 2.45) is 0 Å². The highest BCUT2D eigenvalue weighted by molar-refractivity contribution is 5.96. The van der Waals surface area contributed by atoms with Gasteiger partial charge in [0.25, 0.3) is 0 Å². The Bertz CT molecular complexity index is 1730. The minimum atomic E-state index is -0.864. The Balaban J connectivity index is 1.30. The van der Waals surface area contributed by atoms with Gasteiger partial charge >= 0.3 is 6.01 Å². The van der Waals surface area contributed by atoms with Gasteiger partial charge in [0, 0.05) is 31.6 Å². The van der Waals surface area contributed by atoms with E-state index in [1.165, 1.54) is 0 Å². The van der Waals surface area contributed by atoms with Crippen LogP contribution in [0, 0.1) is 5.82 Å². The number of anilines is 1. The number of pyridine rings is 1. The molecular formula is C33H38F2N6O2. The normalized spacial score (nSPS) is 30.2. The molecule has 4 fully saturated rings. The van der Waals surface area contributed by atoms with Gasteiger partial charge in [0.05, 0.1) is 11.6 Å². The summed E-state index contributed by atoms with van der Waals surface area (Å²) in [4.78, 5) is 18.9. The topological polar surface area (TPSA) is 75.6 Å². The second-order valence-electron chi connectivity index (χ2n) is 13.0. The lowest BCUT2D eigenvalue weighted by Gasteiger charge is -2.40. The molecule has 0 saturated carbocycles. The maximum absolute atomic E-state index is 16.8. The van der Waals surface area contributed by atoms with Gasteiger partial charge in [-0.2, -0.15) is 9.97 Å². The SMILES string of the molecule is C=c1cccc(CC)/c1=C(/C)c1nc2c3c(nc(OC[C@]45CCCN4C[C@H](F)C5)nc3c1F)N1C[C@@H]3CCC(N3)[C@H]1CO2. The van der Waals surface area contributed by atoms with Crippen LogP contribution in [-0.2, 0) is 6.42 Å². The molecule has 10 heteroatoms. The van der Waals surface area contributed by atoms with E-state index in [9.17, 15) is 4.39 Å². The zero-order valence-corrected chi connectivity index (χ0v) is 24.8.